The molecule has 23 heavy (non-hydrogen) atoms. The number of likely N-dealkylation sites (tertiary alicyclic amines) is 1. The average Bonchev–Trinajstić information content (AvgIpc) is 3.38. The molecule has 134 valence electrons. The molecule has 0 spiro atoms. The highest BCUT2D eigenvalue weighted by Crippen LogP contribution is 2.61. The Labute approximate surface area is 159 Å². The molecule has 1 saturated heterocycles. The Hall–Kier alpha value is -0.0400. The van der Waals surface area contributed by atoms with E-state index in [4.69, 9.17) is 4.99 Å². The number of rotatable bonds is 6. The number of aliphatic imine (C=N–C) groups is 1. The summed E-state index contributed by atoms with van der Waals surface area (Å²) >= 11 is 0. The van der Waals surface area contributed by atoms with E-state index in [1.807, 2.05) is 0 Å². The highest BCUT2D eigenvalue weighted by Gasteiger charge is 2.53. The lowest BCUT2D eigenvalue weighted by Crippen LogP contribution is -2.50. The monoisotopic (exact) mass is 434 g/mol. The average molecular weight is 434 g/mol. The number of nitrogens with one attached hydrogen (secondary N) is 2. The summed E-state index contributed by atoms with van der Waals surface area (Å²) < 4.78 is 0. The van der Waals surface area contributed by atoms with Crippen molar-refractivity contribution < 1.29 is 0 Å². The van der Waals surface area contributed by atoms with Crippen molar-refractivity contribution in [1.82, 2.24) is 15.5 Å². The van der Waals surface area contributed by atoms with Gasteiger partial charge in [-0.3, -0.25) is 4.99 Å². The fourth-order valence-corrected chi connectivity index (χ4v) is 3.86. The summed E-state index contributed by atoms with van der Waals surface area (Å²) in [7, 11) is 0. The second-order valence-electron chi connectivity index (χ2n) is 7.88. The molecule has 1 heterocycles. The zero-order valence-electron chi connectivity index (χ0n) is 15.1. The highest BCUT2D eigenvalue weighted by molar-refractivity contribution is 14.0. The van der Waals surface area contributed by atoms with Crippen LogP contribution in [-0.2, 0) is 0 Å². The van der Waals surface area contributed by atoms with E-state index in [0.29, 0.717) is 17.5 Å². The predicted molar refractivity (Wildman–Crippen MR) is 109 cm³/mol. The van der Waals surface area contributed by atoms with Crippen LogP contribution >= 0.6 is 24.0 Å². The van der Waals surface area contributed by atoms with E-state index in [2.05, 4.69) is 36.3 Å². The maximum absolute atomic E-state index is 4.94. The van der Waals surface area contributed by atoms with Crippen LogP contribution in [0.3, 0.4) is 0 Å². The van der Waals surface area contributed by atoms with Gasteiger partial charge in [-0.05, 0) is 70.6 Å². The summed E-state index contributed by atoms with van der Waals surface area (Å²) in [5.74, 6) is 2.05. The lowest BCUT2D eigenvalue weighted by Gasteiger charge is -2.35. The molecular formula is C18H35IN4. The van der Waals surface area contributed by atoms with Crippen molar-refractivity contribution in [3.05, 3.63) is 0 Å². The molecule has 0 radical (unpaired) electrons. The number of hydrogen-bond donors (Lipinski definition) is 2. The van der Waals surface area contributed by atoms with Crippen LogP contribution in [0.4, 0.5) is 0 Å². The summed E-state index contributed by atoms with van der Waals surface area (Å²) in [5.41, 5.74) is 0.601. The standard InChI is InChI=1S/C18H34N4.HI/c1-4-19-17(20-13-18(9-10-18)15-5-6-15)21-16-7-11-22(12-8-16)14(2)3;/h14-16H,4-13H2,1-3H3,(H2,19,20,21);1H. The Morgan fingerprint density at radius 2 is 1.83 bits per heavy atom. The van der Waals surface area contributed by atoms with Crippen LogP contribution in [0.1, 0.15) is 59.3 Å². The normalized spacial score (nSPS) is 25.1. The van der Waals surface area contributed by atoms with Crippen molar-refractivity contribution >= 4 is 29.9 Å². The van der Waals surface area contributed by atoms with Crippen molar-refractivity contribution in [3.63, 3.8) is 0 Å². The molecule has 0 bridgehead atoms. The number of guanidine groups is 1. The number of nitrogens with zero attached hydrogens (tertiary/aromatic N) is 2. The molecule has 0 atom stereocenters. The van der Waals surface area contributed by atoms with E-state index in [0.717, 1.165) is 25.0 Å². The zero-order valence-corrected chi connectivity index (χ0v) is 17.4. The van der Waals surface area contributed by atoms with E-state index in [1.165, 1.54) is 51.6 Å². The predicted octanol–water partition coefficient (Wildman–Crippen LogP) is 3.22. The van der Waals surface area contributed by atoms with Gasteiger partial charge < -0.3 is 15.5 Å². The van der Waals surface area contributed by atoms with Crippen molar-refractivity contribution in [1.29, 1.82) is 0 Å². The molecule has 0 amide bonds. The largest absolute Gasteiger partial charge is 0.357 e. The highest BCUT2D eigenvalue weighted by atomic mass is 127. The summed E-state index contributed by atoms with van der Waals surface area (Å²) in [6, 6.07) is 1.26. The maximum Gasteiger partial charge on any atom is 0.191 e. The third kappa shape index (κ3) is 5.21. The van der Waals surface area contributed by atoms with Gasteiger partial charge >= 0.3 is 0 Å². The summed E-state index contributed by atoms with van der Waals surface area (Å²) in [5, 5.41) is 7.14. The van der Waals surface area contributed by atoms with E-state index < -0.39 is 0 Å². The van der Waals surface area contributed by atoms with Crippen LogP contribution in [0.15, 0.2) is 4.99 Å². The minimum atomic E-state index is 0. The SMILES string of the molecule is CCNC(=NCC1(C2CC2)CC1)NC1CCN(C(C)C)CC1.I. The quantitative estimate of drug-likeness (QED) is 0.383. The van der Waals surface area contributed by atoms with Crippen LogP contribution in [0.25, 0.3) is 0 Å². The Morgan fingerprint density at radius 3 is 2.30 bits per heavy atom. The molecule has 3 fully saturated rings. The molecule has 0 unspecified atom stereocenters. The molecule has 2 N–H and O–H groups in total. The van der Waals surface area contributed by atoms with Crippen molar-refractivity contribution in [3.8, 4) is 0 Å². The summed E-state index contributed by atoms with van der Waals surface area (Å²) in [4.78, 5) is 7.52. The molecule has 3 rings (SSSR count). The topological polar surface area (TPSA) is 39.7 Å². The van der Waals surface area contributed by atoms with Crippen molar-refractivity contribution in [2.75, 3.05) is 26.2 Å². The molecule has 1 aliphatic heterocycles. The fourth-order valence-electron chi connectivity index (χ4n) is 3.86. The van der Waals surface area contributed by atoms with Crippen molar-refractivity contribution in [2.45, 2.75) is 71.4 Å². The van der Waals surface area contributed by atoms with Gasteiger partial charge in [-0.15, -0.1) is 24.0 Å². The van der Waals surface area contributed by atoms with E-state index in [9.17, 15) is 0 Å². The first-order valence-corrected chi connectivity index (χ1v) is 9.42. The van der Waals surface area contributed by atoms with E-state index in [1.54, 1.807) is 0 Å². The number of halogens is 1. The molecular weight excluding hydrogens is 399 g/mol. The van der Waals surface area contributed by atoms with Crippen LogP contribution in [0.5, 0.6) is 0 Å². The molecule has 2 saturated carbocycles. The Kier molecular flexibility index (Phi) is 7.01. The second kappa shape index (κ2) is 8.37. The van der Waals surface area contributed by atoms with Gasteiger partial charge in [0.15, 0.2) is 5.96 Å². The van der Waals surface area contributed by atoms with Crippen LogP contribution in [-0.4, -0.2) is 49.1 Å². The van der Waals surface area contributed by atoms with E-state index in [-0.39, 0.29) is 24.0 Å². The first-order valence-electron chi connectivity index (χ1n) is 9.42. The van der Waals surface area contributed by atoms with Gasteiger partial charge in [-0.25, -0.2) is 0 Å². The minimum absolute atomic E-state index is 0. The molecule has 0 aromatic carbocycles. The minimum Gasteiger partial charge on any atom is -0.357 e. The van der Waals surface area contributed by atoms with Crippen LogP contribution in [0.2, 0.25) is 0 Å². The van der Waals surface area contributed by atoms with E-state index >= 15 is 0 Å². The molecule has 0 aromatic rings. The smallest absolute Gasteiger partial charge is 0.191 e. The van der Waals surface area contributed by atoms with Crippen molar-refractivity contribution in [2.24, 2.45) is 16.3 Å². The number of piperidine rings is 1. The first kappa shape index (κ1) is 19.3. The van der Waals surface area contributed by atoms with Gasteiger partial charge in [0, 0.05) is 38.3 Å². The van der Waals surface area contributed by atoms with Gasteiger partial charge in [0.05, 0.1) is 0 Å². The molecule has 3 aliphatic rings. The maximum atomic E-state index is 4.94. The molecule has 5 heteroatoms. The Bertz CT molecular complexity index is 394. The lowest BCUT2D eigenvalue weighted by atomic mass is 10.0. The third-order valence-corrected chi connectivity index (χ3v) is 5.83. The fraction of sp³-hybridized carbons (Fsp3) is 0.944. The first-order chi connectivity index (χ1) is 10.6. The lowest BCUT2D eigenvalue weighted by molar-refractivity contribution is 0.167. The van der Waals surface area contributed by atoms with Crippen LogP contribution in [0, 0.1) is 11.3 Å². The summed E-state index contributed by atoms with van der Waals surface area (Å²) in [6.45, 7) is 11.2. The number of hydrogen-bond acceptors (Lipinski definition) is 2. The second-order valence-corrected chi connectivity index (χ2v) is 7.88. The van der Waals surface area contributed by atoms with Gasteiger partial charge in [-0.2, -0.15) is 0 Å². The molecule has 0 aromatic heterocycles. The Balaban J connectivity index is 0.00000192. The van der Waals surface area contributed by atoms with Gasteiger partial charge in [0.1, 0.15) is 0 Å². The zero-order chi connectivity index (χ0) is 15.6. The molecule has 2 aliphatic carbocycles. The van der Waals surface area contributed by atoms with Gasteiger partial charge in [0.2, 0.25) is 0 Å². The molecule has 4 nitrogen and oxygen atoms in total. The Morgan fingerprint density at radius 1 is 1.17 bits per heavy atom. The van der Waals surface area contributed by atoms with Gasteiger partial charge in [0.25, 0.3) is 0 Å². The third-order valence-electron chi connectivity index (χ3n) is 5.83. The van der Waals surface area contributed by atoms with Gasteiger partial charge in [-0.1, -0.05) is 0 Å². The van der Waals surface area contributed by atoms with Crippen LogP contribution < -0.4 is 10.6 Å². The summed E-state index contributed by atoms with van der Waals surface area (Å²) in [6.07, 6.45) is 8.19.